The average molecular weight is 702 g/mol. The van der Waals surface area contributed by atoms with Gasteiger partial charge in [0.25, 0.3) is 0 Å². The molecule has 3 amide bonds. The number of halogens is 7. The van der Waals surface area contributed by atoms with Crippen LogP contribution in [0.3, 0.4) is 0 Å². The van der Waals surface area contributed by atoms with E-state index in [9.17, 15) is 40.7 Å². The summed E-state index contributed by atoms with van der Waals surface area (Å²) in [5.74, 6) is -2.27. The van der Waals surface area contributed by atoms with E-state index in [4.69, 9.17) is 9.84 Å². The minimum atomic E-state index is -4.64. The van der Waals surface area contributed by atoms with Crippen molar-refractivity contribution < 1.29 is 50.6 Å². The summed E-state index contributed by atoms with van der Waals surface area (Å²) in [6.07, 6.45) is -9.23. The van der Waals surface area contributed by atoms with Gasteiger partial charge in [0.1, 0.15) is 10.2 Å². The summed E-state index contributed by atoms with van der Waals surface area (Å²) in [5.41, 5.74) is -0.266. The minimum absolute atomic E-state index is 0.000263. The van der Waals surface area contributed by atoms with E-state index in [1.54, 1.807) is 20.8 Å². The van der Waals surface area contributed by atoms with Gasteiger partial charge in [-0.2, -0.15) is 26.3 Å². The first-order valence-electron chi connectivity index (χ1n) is 13.5. The molecule has 3 aliphatic rings. The van der Waals surface area contributed by atoms with E-state index in [0.29, 0.717) is 19.4 Å². The van der Waals surface area contributed by atoms with Crippen LogP contribution in [0.1, 0.15) is 63.1 Å². The topological polar surface area (TPSA) is 126 Å². The quantitative estimate of drug-likeness (QED) is 0.399. The second kappa shape index (κ2) is 12.1. The Kier molecular flexibility index (Phi) is 9.19. The number of hydrogen-bond donors (Lipinski definition) is 1. The summed E-state index contributed by atoms with van der Waals surface area (Å²) in [6.45, 7) is 5.30. The molecule has 5 heterocycles. The van der Waals surface area contributed by atoms with Gasteiger partial charge in [0, 0.05) is 39.1 Å². The molecule has 0 spiro atoms. The number of piperidine rings is 1. The van der Waals surface area contributed by atoms with Gasteiger partial charge in [-0.3, -0.25) is 9.69 Å². The maximum Gasteiger partial charge on any atom is 0.449 e. The van der Waals surface area contributed by atoms with Gasteiger partial charge >= 0.3 is 24.5 Å². The summed E-state index contributed by atoms with van der Waals surface area (Å²) in [5, 5.41) is 8.78. The van der Waals surface area contributed by atoms with Crippen molar-refractivity contribution in [3.05, 3.63) is 27.6 Å². The number of alkyl halides is 6. The standard InChI is InChI=1S/C17H23F3N4O3.C8H7BrF3N3O2/c1-16(2,3)27-15(26)22-8-9-23-11(10-22)13(21-14(23)17(18,19)20)24-7-5-4-6-12(24)25;9-5-4-3-14(7(16)17)1-2-15(4)6(13-5)8(10,11)12/h4-10H2,1-3H3;1-3H2,(H,16,17). The molecule has 2 aromatic rings. The Morgan fingerprint density at radius 3 is 1.91 bits per heavy atom. The fourth-order valence-electron chi connectivity index (χ4n) is 5.00. The average Bonchev–Trinajstić information content (AvgIpc) is 3.46. The lowest BCUT2D eigenvalue weighted by molar-refractivity contribution is -0.148. The Labute approximate surface area is 255 Å². The summed E-state index contributed by atoms with van der Waals surface area (Å²) >= 11 is 2.92. The normalized spacial score (nSPS) is 17.5. The van der Waals surface area contributed by atoms with Gasteiger partial charge in [-0.05, 0) is 49.5 Å². The second-order valence-corrected chi connectivity index (χ2v) is 12.0. The van der Waals surface area contributed by atoms with Crippen molar-refractivity contribution in [1.29, 1.82) is 0 Å². The maximum absolute atomic E-state index is 13.4. The van der Waals surface area contributed by atoms with Crippen molar-refractivity contribution in [3.8, 4) is 0 Å². The van der Waals surface area contributed by atoms with E-state index in [1.807, 2.05) is 0 Å². The zero-order valence-electron chi connectivity index (χ0n) is 23.9. The van der Waals surface area contributed by atoms with E-state index in [0.717, 1.165) is 14.0 Å². The van der Waals surface area contributed by atoms with E-state index in [2.05, 4.69) is 25.9 Å². The fraction of sp³-hybridized carbons (Fsp3) is 0.640. The van der Waals surface area contributed by atoms with Gasteiger partial charge in [-0.25, -0.2) is 19.6 Å². The SMILES string of the molecule is CC(C)(C)OC(=O)N1CCn2c(C(F)(F)F)nc(N3CCCCC3=O)c2C1.O=C(O)N1CCn2c(C(F)(F)F)nc(Br)c2C1. The number of rotatable bonds is 1. The predicted molar refractivity (Wildman–Crippen MR) is 143 cm³/mol. The number of fused-ring (bicyclic) bond motifs is 2. The predicted octanol–water partition coefficient (Wildman–Crippen LogP) is 5.33. The minimum Gasteiger partial charge on any atom is -0.465 e. The van der Waals surface area contributed by atoms with Crippen LogP contribution in [-0.4, -0.2) is 77.3 Å². The van der Waals surface area contributed by atoms with Crippen LogP contribution >= 0.6 is 15.9 Å². The number of amides is 3. The smallest absolute Gasteiger partial charge is 0.449 e. The van der Waals surface area contributed by atoms with Crippen LogP contribution in [0.4, 0.5) is 41.7 Å². The molecule has 0 saturated carbocycles. The monoisotopic (exact) mass is 701 g/mol. The molecule has 12 nitrogen and oxygen atoms in total. The van der Waals surface area contributed by atoms with Crippen molar-refractivity contribution >= 4 is 39.8 Å². The van der Waals surface area contributed by atoms with Crippen molar-refractivity contribution in [2.45, 2.75) is 84.2 Å². The van der Waals surface area contributed by atoms with E-state index >= 15 is 0 Å². The van der Waals surface area contributed by atoms with Crippen molar-refractivity contribution in [2.24, 2.45) is 0 Å². The number of aromatic nitrogens is 4. The molecule has 5 rings (SSSR count). The molecule has 0 radical (unpaired) electrons. The molecule has 1 N–H and O–H groups in total. The number of ether oxygens (including phenoxy) is 1. The fourth-order valence-corrected chi connectivity index (χ4v) is 5.51. The van der Waals surface area contributed by atoms with Crippen LogP contribution in [0.25, 0.3) is 0 Å². The molecule has 0 unspecified atom stereocenters. The molecule has 1 saturated heterocycles. The Hall–Kier alpha value is -3.51. The third kappa shape index (κ3) is 7.23. The molecule has 19 heteroatoms. The van der Waals surface area contributed by atoms with Gasteiger partial charge in [0.05, 0.1) is 24.5 Å². The third-order valence-electron chi connectivity index (χ3n) is 6.95. The van der Waals surface area contributed by atoms with E-state index < -0.39 is 41.8 Å². The van der Waals surface area contributed by atoms with Gasteiger partial charge in [-0.15, -0.1) is 0 Å². The number of carboxylic acid groups (broad SMARTS) is 1. The first kappa shape index (κ1) is 33.4. The van der Waals surface area contributed by atoms with Gasteiger partial charge in [0.2, 0.25) is 17.6 Å². The molecule has 0 atom stereocenters. The Morgan fingerprint density at radius 1 is 0.818 bits per heavy atom. The molecule has 0 aliphatic carbocycles. The molecule has 0 bridgehead atoms. The lowest BCUT2D eigenvalue weighted by Gasteiger charge is -2.33. The first-order valence-corrected chi connectivity index (χ1v) is 14.3. The van der Waals surface area contributed by atoms with Gasteiger partial charge < -0.3 is 28.8 Å². The summed E-state index contributed by atoms with van der Waals surface area (Å²) in [6, 6.07) is 0. The van der Waals surface area contributed by atoms with Crippen molar-refractivity contribution in [3.63, 3.8) is 0 Å². The molecular formula is C25H30BrF6N7O5. The van der Waals surface area contributed by atoms with Gasteiger partial charge in [-0.1, -0.05) is 0 Å². The number of nitrogens with zero attached hydrogens (tertiary/aromatic N) is 7. The third-order valence-corrected chi connectivity index (χ3v) is 7.59. The number of carbonyl (C=O) groups is 3. The highest BCUT2D eigenvalue weighted by molar-refractivity contribution is 9.10. The summed E-state index contributed by atoms with van der Waals surface area (Å²) < 4.78 is 85.6. The molecule has 44 heavy (non-hydrogen) atoms. The lowest BCUT2D eigenvalue weighted by atomic mass is 10.1. The van der Waals surface area contributed by atoms with Crippen LogP contribution in [0.5, 0.6) is 0 Å². The van der Waals surface area contributed by atoms with Crippen LogP contribution in [0, 0.1) is 0 Å². The largest absolute Gasteiger partial charge is 0.465 e. The number of carbonyl (C=O) groups excluding carboxylic acids is 2. The molecule has 244 valence electrons. The van der Waals surface area contributed by atoms with E-state index in [-0.39, 0.29) is 73.4 Å². The van der Waals surface area contributed by atoms with Crippen LogP contribution < -0.4 is 4.90 Å². The molecule has 0 aromatic carbocycles. The van der Waals surface area contributed by atoms with Crippen LogP contribution in [0.15, 0.2) is 4.60 Å². The van der Waals surface area contributed by atoms with Crippen LogP contribution in [-0.2, 0) is 48.1 Å². The summed E-state index contributed by atoms with van der Waals surface area (Å²) in [7, 11) is 0. The second-order valence-electron chi connectivity index (χ2n) is 11.3. The number of anilines is 1. The number of imidazole rings is 2. The van der Waals surface area contributed by atoms with Crippen molar-refractivity contribution in [1.82, 2.24) is 28.9 Å². The zero-order valence-corrected chi connectivity index (χ0v) is 25.5. The van der Waals surface area contributed by atoms with Crippen LogP contribution in [0.2, 0.25) is 0 Å². The highest BCUT2D eigenvalue weighted by atomic mass is 79.9. The highest BCUT2D eigenvalue weighted by Crippen LogP contribution is 2.37. The first-order chi connectivity index (χ1) is 20.3. The molecule has 2 aromatic heterocycles. The Balaban J connectivity index is 0.000000223. The molecule has 1 fully saturated rings. The summed E-state index contributed by atoms with van der Waals surface area (Å²) in [4.78, 5) is 46.2. The van der Waals surface area contributed by atoms with E-state index in [1.165, 1.54) is 9.80 Å². The Morgan fingerprint density at radius 2 is 1.36 bits per heavy atom. The maximum atomic E-state index is 13.4. The molecule has 3 aliphatic heterocycles. The Bertz CT molecular complexity index is 1430. The lowest BCUT2D eigenvalue weighted by Crippen LogP contribution is -2.43. The van der Waals surface area contributed by atoms with Gasteiger partial charge in [0.15, 0.2) is 5.82 Å². The zero-order chi connectivity index (χ0) is 32.8. The number of hydrogen-bond acceptors (Lipinski definition) is 6. The molecular weight excluding hydrogens is 672 g/mol. The van der Waals surface area contributed by atoms with Crippen molar-refractivity contribution in [2.75, 3.05) is 24.5 Å². The highest BCUT2D eigenvalue weighted by Gasteiger charge is 2.43.